The molecule has 1 aliphatic rings. The summed E-state index contributed by atoms with van der Waals surface area (Å²) in [5, 5.41) is -0.373. The molecule has 0 aromatic rings. The van der Waals surface area contributed by atoms with Gasteiger partial charge in [-0.05, 0) is 25.1 Å². The lowest BCUT2D eigenvalue weighted by Crippen LogP contribution is -2.48. The molecule has 1 aliphatic carbocycles. The van der Waals surface area contributed by atoms with Crippen LogP contribution >= 0.6 is 12.2 Å². The fourth-order valence-corrected chi connectivity index (χ4v) is 3.07. The van der Waals surface area contributed by atoms with E-state index in [1.54, 1.807) is 0 Å². The van der Waals surface area contributed by atoms with Gasteiger partial charge < -0.3 is 5.73 Å². The van der Waals surface area contributed by atoms with E-state index in [0.717, 1.165) is 19.3 Å². The molecule has 0 unspecified atom stereocenters. The summed E-state index contributed by atoms with van der Waals surface area (Å²) in [6.07, 6.45) is 4.49. The zero-order valence-corrected chi connectivity index (χ0v) is 9.46. The SMILES string of the molecule is NC(=S)NNS(=O)(=O)C1CCCCC1. The molecule has 0 bridgehead atoms. The van der Waals surface area contributed by atoms with Crippen LogP contribution < -0.4 is 16.0 Å². The van der Waals surface area contributed by atoms with Crippen LogP contribution in [0.3, 0.4) is 0 Å². The Morgan fingerprint density at radius 2 is 1.86 bits per heavy atom. The minimum Gasteiger partial charge on any atom is -0.375 e. The first-order chi connectivity index (χ1) is 6.52. The highest BCUT2D eigenvalue weighted by molar-refractivity contribution is 7.90. The maximum absolute atomic E-state index is 11.6. The fraction of sp³-hybridized carbons (Fsp3) is 0.857. The number of nitrogens with two attached hydrogens (primary N) is 1. The smallest absolute Gasteiger partial charge is 0.231 e. The number of hydrogen-bond donors (Lipinski definition) is 3. The van der Waals surface area contributed by atoms with Gasteiger partial charge in [0.1, 0.15) is 0 Å². The number of hydrogen-bond acceptors (Lipinski definition) is 3. The molecule has 0 radical (unpaired) electrons. The van der Waals surface area contributed by atoms with E-state index in [2.05, 4.69) is 22.5 Å². The van der Waals surface area contributed by atoms with Gasteiger partial charge >= 0.3 is 0 Å². The molecule has 0 saturated heterocycles. The van der Waals surface area contributed by atoms with Crippen molar-refractivity contribution in [2.75, 3.05) is 0 Å². The predicted molar refractivity (Wildman–Crippen MR) is 58.8 cm³/mol. The molecule has 7 heteroatoms. The van der Waals surface area contributed by atoms with Gasteiger partial charge in [-0.25, -0.2) is 8.42 Å². The van der Waals surface area contributed by atoms with Crippen LogP contribution in [0.1, 0.15) is 32.1 Å². The average molecular weight is 237 g/mol. The highest BCUT2D eigenvalue weighted by Crippen LogP contribution is 2.22. The summed E-state index contributed by atoms with van der Waals surface area (Å²) in [5.41, 5.74) is 7.38. The molecule has 0 aromatic heterocycles. The molecule has 14 heavy (non-hydrogen) atoms. The lowest BCUT2D eigenvalue weighted by molar-refractivity contribution is 0.476. The first kappa shape index (κ1) is 11.7. The maximum atomic E-state index is 11.6. The van der Waals surface area contributed by atoms with Crippen LogP contribution in [0.5, 0.6) is 0 Å². The average Bonchev–Trinajstić information content (AvgIpc) is 2.16. The lowest BCUT2D eigenvalue weighted by atomic mass is 10.0. The van der Waals surface area contributed by atoms with Crippen molar-refractivity contribution in [3.63, 3.8) is 0 Å². The van der Waals surface area contributed by atoms with Gasteiger partial charge in [0.05, 0.1) is 5.25 Å². The van der Waals surface area contributed by atoms with Gasteiger partial charge in [0, 0.05) is 0 Å². The van der Waals surface area contributed by atoms with Crippen molar-refractivity contribution >= 4 is 27.4 Å². The van der Waals surface area contributed by atoms with Gasteiger partial charge in [0.15, 0.2) is 5.11 Å². The summed E-state index contributed by atoms with van der Waals surface area (Å²) in [4.78, 5) is 2.18. The van der Waals surface area contributed by atoms with Crippen LogP contribution in [0.25, 0.3) is 0 Å². The summed E-state index contributed by atoms with van der Waals surface area (Å²) >= 11 is 4.50. The van der Waals surface area contributed by atoms with Crippen LogP contribution in [0.15, 0.2) is 0 Å². The quantitative estimate of drug-likeness (QED) is 0.475. The second kappa shape index (κ2) is 4.90. The molecule has 1 saturated carbocycles. The van der Waals surface area contributed by atoms with Crippen molar-refractivity contribution in [2.45, 2.75) is 37.4 Å². The molecular formula is C7H15N3O2S2. The van der Waals surface area contributed by atoms with Crippen LogP contribution in [-0.2, 0) is 10.0 Å². The van der Waals surface area contributed by atoms with Crippen LogP contribution in [0.2, 0.25) is 0 Å². The van der Waals surface area contributed by atoms with Crippen LogP contribution in [0, 0.1) is 0 Å². The monoisotopic (exact) mass is 237 g/mol. The maximum Gasteiger partial charge on any atom is 0.231 e. The third kappa shape index (κ3) is 3.39. The second-order valence-electron chi connectivity index (χ2n) is 3.40. The van der Waals surface area contributed by atoms with Gasteiger partial charge in [-0.3, -0.25) is 5.43 Å². The molecule has 0 amide bonds. The van der Waals surface area contributed by atoms with E-state index < -0.39 is 10.0 Å². The van der Waals surface area contributed by atoms with Crippen molar-refractivity contribution in [3.05, 3.63) is 0 Å². The van der Waals surface area contributed by atoms with Crippen molar-refractivity contribution < 1.29 is 8.42 Å². The van der Waals surface area contributed by atoms with E-state index >= 15 is 0 Å². The van der Waals surface area contributed by atoms with Gasteiger partial charge in [-0.2, -0.15) is 0 Å². The Bertz CT molecular complexity index is 296. The fourth-order valence-electron chi connectivity index (χ4n) is 1.58. The van der Waals surface area contributed by atoms with Gasteiger partial charge in [-0.1, -0.05) is 19.3 Å². The molecule has 1 rings (SSSR count). The Labute approximate surface area is 89.5 Å². The highest BCUT2D eigenvalue weighted by atomic mass is 32.2. The number of nitrogens with one attached hydrogen (secondary N) is 2. The Hall–Kier alpha value is -0.400. The zero-order valence-electron chi connectivity index (χ0n) is 7.82. The van der Waals surface area contributed by atoms with Crippen molar-refractivity contribution in [1.82, 2.24) is 10.3 Å². The Kier molecular flexibility index (Phi) is 4.09. The largest absolute Gasteiger partial charge is 0.375 e. The summed E-state index contributed by atoms with van der Waals surface area (Å²) in [6, 6.07) is 0. The van der Waals surface area contributed by atoms with E-state index in [0.29, 0.717) is 12.8 Å². The topological polar surface area (TPSA) is 84.2 Å². The molecule has 5 nitrogen and oxygen atoms in total. The van der Waals surface area contributed by atoms with Crippen molar-refractivity contribution in [1.29, 1.82) is 0 Å². The zero-order chi connectivity index (χ0) is 10.6. The Morgan fingerprint density at radius 3 is 2.36 bits per heavy atom. The summed E-state index contributed by atoms with van der Waals surface area (Å²) in [6.45, 7) is 0. The third-order valence-corrected chi connectivity index (χ3v) is 4.15. The predicted octanol–water partition coefficient (Wildman–Crippen LogP) is -0.0133. The molecule has 82 valence electrons. The molecule has 0 spiro atoms. The van der Waals surface area contributed by atoms with Gasteiger partial charge in [-0.15, -0.1) is 4.83 Å². The Morgan fingerprint density at radius 1 is 1.29 bits per heavy atom. The minimum absolute atomic E-state index is 0.0654. The number of sulfonamides is 1. The highest BCUT2D eigenvalue weighted by Gasteiger charge is 2.26. The number of thiocarbonyl (C=S) groups is 1. The van der Waals surface area contributed by atoms with E-state index in [4.69, 9.17) is 5.73 Å². The molecule has 0 atom stereocenters. The number of rotatable bonds is 3. The van der Waals surface area contributed by atoms with Crippen LogP contribution in [0.4, 0.5) is 0 Å². The summed E-state index contributed by atoms with van der Waals surface area (Å²) in [7, 11) is -3.31. The second-order valence-corrected chi connectivity index (χ2v) is 5.80. The molecule has 1 fully saturated rings. The van der Waals surface area contributed by atoms with Crippen molar-refractivity contribution in [2.24, 2.45) is 5.73 Å². The summed E-state index contributed by atoms with van der Waals surface area (Å²) < 4.78 is 23.2. The lowest BCUT2D eigenvalue weighted by Gasteiger charge is -2.21. The molecule has 0 heterocycles. The number of hydrazine groups is 1. The van der Waals surface area contributed by atoms with E-state index in [1.165, 1.54) is 0 Å². The van der Waals surface area contributed by atoms with Crippen molar-refractivity contribution in [3.8, 4) is 0 Å². The van der Waals surface area contributed by atoms with Crippen LogP contribution in [-0.4, -0.2) is 18.8 Å². The van der Waals surface area contributed by atoms with E-state index in [1.807, 2.05) is 0 Å². The normalized spacial score (nSPS) is 19.1. The van der Waals surface area contributed by atoms with Gasteiger partial charge in [0.2, 0.25) is 10.0 Å². The standard InChI is InChI=1S/C7H15N3O2S2/c8-7(13)9-10-14(11,12)6-4-2-1-3-5-6/h6,10H,1-5H2,(H3,8,9,13). The first-order valence-corrected chi connectivity index (χ1v) is 6.54. The summed E-state index contributed by atoms with van der Waals surface area (Å²) in [5.74, 6) is 0. The van der Waals surface area contributed by atoms with Gasteiger partial charge in [0.25, 0.3) is 0 Å². The van der Waals surface area contributed by atoms with E-state index in [9.17, 15) is 8.42 Å². The third-order valence-electron chi connectivity index (χ3n) is 2.31. The Balaban J connectivity index is 2.50. The van der Waals surface area contributed by atoms with E-state index in [-0.39, 0.29) is 10.4 Å². The molecule has 0 aliphatic heterocycles. The molecular weight excluding hydrogens is 222 g/mol. The molecule has 0 aromatic carbocycles. The first-order valence-electron chi connectivity index (χ1n) is 4.58. The minimum atomic E-state index is -3.31. The molecule has 4 N–H and O–H groups in total.